The van der Waals surface area contributed by atoms with Crippen molar-refractivity contribution in [1.82, 2.24) is 0 Å². The molecule has 0 bridgehead atoms. The van der Waals surface area contributed by atoms with Crippen LogP contribution in [0.1, 0.15) is 0 Å². The fourth-order valence-electron chi connectivity index (χ4n) is 0.301. The van der Waals surface area contributed by atoms with Crippen LogP contribution in [0.3, 0.4) is 0 Å². The predicted octanol–water partition coefficient (Wildman–Crippen LogP) is 0.746. The third-order valence-corrected chi connectivity index (χ3v) is 1.04. The van der Waals surface area contributed by atoms with Crippen LogP contribution in [-0.4, -0.2) is 24.9 Å². The Morgan fingerprint density at radius 3 is 2.50 bits per heavy atom. The molecule has 0 aromatic carbocycles. The maximum atomic E-state index is 8.43. The third-order valence-electron chi connectivity index (χ3n) is 0.800. The lowest BCUT2D eigenvalue weighted by Crippen LogP contribution is -2.14. The van der Waals surface area contributed by atoms with Crippen molar-refractivity contribution in [3.8, 4) is 0 Å². The zero-order valence-corrected chi connectivity index (χ0v) is 5.48. The van der Waals surface area contributed by atoms with Crippen molar-refractivity contribution >= 4 is 11.6 Å². The van der Waals surface area contributed by atoms with E-state index in [2.05, 4.69) is 11.3 Å². The molecule has 1 unspecified atom stereocenters. The number of rotatable bonds is 3. The Morgan fingerprint density at radius 2 is 2.50 bits per heavy atom. The second-order valence-electron chi connectivity index (χ2n) is 1.35. The van der Waals surface area contributed by atoms with Gasteiger partial charge in [-0.2, -0.15) is 0 Å². The van der Waals surface area contributed by atoms with Gasteiger partial charge < -0.3 is 9.84 Å². The molecule has 0 radical (unpaired) electrons. The first-order valence-corrected chi connectivity index (χ1v) is 2.58. The first-order valence-electron chi connectivity index (χ1n) is 2.20. The Kier molecular flexibility index (Phi) is 3.87. The molecule has 0 aromatic heterocycles. The number of hydrogen-bond donors (Lipinski definition) is 1. The third kappa shape index (κ3) is 2.31. The summed E-state index contributed by atoms with van der Waals surface area (Å²) in [5.74, 6) is 0. The highest BCUT2D eigenvalue weighted by Gasteiger charge is 2.05. The Bertz CT molecular complexity index is 78.5. The van der Waals surface area contributed by atoms with E-state index in [0.29, 0.717) is 5.03 Å². The summed E-state index contributed by atoms with van der Waals surface area (Å²) >= 11 is 5.36. The van der Waals surface area contributed by atoms with Gasteiger partial charge in [-0.1, -0.05) is 18.2 Å². The van der Waals surface area contributed by atoms with Crippen LogP contribution >= 0.6 is 11.6 Å². The van der Waals surface area contributed by atoms with Gasteiger partial charge in [0.25, 0.3) is 0 Å². The second kappa shape index (κ2) is 3.89. The van der Waals surface area contributed by atoms with Crippen LogP contribution in [-0.2, 0) is 4.74 Å². The monoisotopic (exact) mass is 136 g/mol. The number of aliphatic hydroxyl groups excluding tert-OH is 1. The largest absolute Gasteiger partial charge is 0.393 e. The van der Waals surface area contributed by atoms with E-state index in [-0.39, 0.29) is 6.61 Å². The van der Waals surface area contributed by atoms with Gasteiger partial charge >= 0.3 is 0 Å². The van der Waals surface area contributed by atoms with Crippen LogP contribution in [0, 0.1) is 0 Å². The number of halogens is 1. The smallest absolute Gasteiger partial charge is 0.115 e. The molecule has 8 heavy (non-hydrogen) atoms. The molecule has 0 fully saturated rings. The molecule has 0 amide bonds. The zero-order chi connectivity index (χ0) is 6.57. The molecule has 0 heterocycles. The van der Waals surface area contributed by atoms with Crippen molar-refractivity contribution in [2.75, 3.05) is 13.7 Å². The minimum atomic E-state index is -0.420. The zero-order valence-electron chi connectivity index (χ0n) is 4.72. The highest BCUT2D eigenvalue weighted by atomic mass is 35.5. The Hall–Kier alpha value is -0.0500. The van der Waals surface area contributed by atoms with Crippen LogP contribution in [0.15, 0.2) is 11.6 Å². The molecule has 0 aromatic rings. The van der Waals surface area contributed by atoms with Crippen LogP contribution in [0.4, 0.5) is 0 Å². The van der Waals surface area contributed by atoms with Gasteiger partial charge in [-0.25, -0.2) is 0 Å². The lowest BCUT2D eigenvalue weighted by atomic mass is 10.4. The van der Waals surface area contributed by atoms with Gasteiger partial charge in [-0.05, 0) is 0 Å². The highest BCUT2D eigenvalue weighted by molar-refractivity contribution is 6.29. The minimum Gasteiger partial charge on any atom is -0.393 e. The summed E-state index contributed by atoms with van der Waals surface area (Å²) in [6.45, 7) is 3.27. The van der Waals surface area contributed by atoms with E-state index in [9.17, 15) is 0 Å². The number of hydrogen-bond acceptors (Lipinski definition) is 2. The summed E-state index contributed by atoms with van der Waals surface area (Å²) < 4.78 is 4.68. The number of aliphatic hydroxyl groups is 1. The molecule has 0 aliphatic heterocycles. The van der Waals surface area contributed by atoms with E-state index < -0.39 is 6.10 Å². The van der Waals surface area contributed by atoms with E-state index in [1.165, 1.54) is 7.11 Å². The van der Waals surface area contributed by atoms with Crippen molar-refractivity contribution in [2.45, 2.75) is 6.10 Å². The molecular weight excluding hydrogens is 128 g/mol. The molecule has 2 nitrogen and oxygen atoms in total. The standard InChI is InChI=1S/C5H9ClO2/c1-4(6)5(3-7)8-2/h5,7H,1,3H2,2H3. The molecule has 0 saturated heterocycles. The van der Waals surface area contributed by atoms with E-state index in [0.717, 1.165) is 0 Å². The quantitative estimate of drug-likeness (QED) is 0.621. The highest BCUT2D eigenvalue weighted by Crippen LogP contribution is 2.05. The Balaban J connectivity index is 3.52. The lowest BCUT2D eigenvalue weighted by molar-refractivity contribution is 0.0792. The SMILES string of the molecule is C=C(Cl)C(CO)OC. The van der Waals surface area contributed by atoms with Crippen molar-refractivity contribution in [3.05, 3.63) is 11.6 Å². The first kappa shape index (κ1) is 7.95. The van der Waals surface area contributed by atoms with E-state index in [1.54, 1.807) is 0 Å². The summed E-state index contributed by atoms with van der Waals surface area (Å²) in [5, 5.41) is 8.75. The maximum absolute atomic E-state index is 8.43. The number of methoxy groups -OCH3 is 1. The van der Waals surface area contributed by atoms with Crippen molar-refractivity contribution in [2.24, 2.45) is 0 Å². The molecule has 48 valence electrons. The van der Waals surface area contributed by atoms with Gasteiger partial charge in [0.15, 0.2) is 0 Å². The molecule has 0 saturated carbocycles. The van der Waals surface area contributed by atoms with Gasteiger partial charge in [0, 0.05) is 12.1 Å². The summed E-state index contributed by atoms with van der Waals surface area (Å²) in [4.78, 5) is 0. The van der Waals surface area contributed by atoms with E-state index in [1.807, 2.05) is 0 Å². The van der Waals surface area contributed by atoms with Crippen LogP contribution in [0.5, 0.6) is 0 Å². The van der Waals surface area contributed by atoms with Crippen molar-refractivity contribution < 1.29 is 9.84 Å². The molecule has 0 rings (SSSR count). The molecule has 1 atom stereocenters. The lowest BCUT2D eigenvalue weighted by Gasteiger charge is -2.07. The average molecular weight is 137 g/mol. The maximum Gasteiger partial charge on any atom is 0.115 e. The summed E-state index contributed by atoms with van der Waals surface area (Å²) in [6, 6.07) is 0. The fourth-order valence-corrected chi connectivity index (χ4v) is 0.460. The van der Waals surface area contributed by atoms with Gasteiger partial charge in [0.05, 0.1) is 6.61 Å². The Labute approximate surface area is 53.7 Å². The molecule has 1 N–H and O–H groups in total. The van der Waals surface area contributed by atoms with Gasteiger partial charge in [-0.3, -0.25) is 0 Å². The minimum absolute atomic E-state index is 0.112. The fraction of sp³-hybridized carbons (Fsp3) is 0.600. The van der Waals surface area contributed by atoms with Gasteiger partial charge in [-0.15, -0.1) is 0 Å². The normalized spacial score (nSPS) is 13.4. The van der Waals surface area contributed by atoms with Crippen molar-refractivity contribution in [3.63, 3.8) is 0 Å². The average Bonchev–Trinajstić information content (AvgIpc) is 1.69. The Morgan fingerprint density at radius 1 is 2.00 bits per heavy atom. The number of ether oxygens (including phenoxy) is 1. The molecule has 3 heteroatoms. The molecule has 0 aliphatic rings. The van der Waals surface area contributed by atoms with Gasteiger partial charge in [0.2, 0.25) is 0 Å². The molecule has 0 spiro atoms. The van der Waals surface area contributed by atoms with Crippen LogP contribution in [0.2, 0.25) is 0 Å². The van der Waals surface area contributed by atoms with Crippen LogP contribution in [0.25, 0.3) is 0 Å². The first-order chi connectivity index (χ1) is 3.72. The van der Waals surface area contributed by atoms with Crippen LogP contribution < -0.4 is 0 Å². The van der Waals surface area contributed by atoms with Gasteiger partial charge in [0.1, 0.15) is 6.10 Å². The topological polar surface area (TPSA) is 29.5 Å². The summed E-state index contributed by atoms with van der Waals surface area (Å²) in [5.41, 5.74) is 0. The van der Waals surface area contributed by atoms with E-state index in [4.69, 9.17) is 16.7 Å². The van der Waals surface area contributed by atoms with E-state index >= 15 is 0 Å². The molecule has 0 aliphatic carbocycles. The summed E-state index contributed by atoms with van der Waals surface area (Å²) in [6.07, 6.45) is -0.420. The molecular formula is C5H9ClO2. The summed E-state index contributed by atoms with van der Waals surface area (Å²) in [7, 11) is 1.47. The van der Waals surface area contributed by atoms with Crippen molar-refractivity contribution in [1.29, 1.82) is 0 Å². The second-order valence-corrected chi connectivity index (χ2v) is 1.84. The predicted molar refractivity (Wildman–Crippen MR) is 32.9 cm³/mol.